The van der Waals surface area contributed by atoms with Gasteiger partial charge in [-0.3, -0.25) is 19.2 Å². The van der Waals surface area contributed by atoms with Crippen LogP contribution >= 0.6 is 0 Å². The highest BCUT2D eigenvalue weighted by Gasteiger charge is 2.57. The number of carbonyl (C=O) groups is 5. The van der Waals surface area contributed by atoms with E-state index in [2.05, 4.69) is 5.32 Å². The van der Waals surface area contributed by atoms with Gasteiger partial charge in [0.15, 0.2) is 23.8 Å². The van der Waals surface area contributed by atoms with E-state index in [1.54, 1.807) is 41.5 Å². The van der Waals surface area contributed by atoms with E-state index in [-0.39, 0.29) is 30.8 Å². The first kappa shape index (κ1) is 37.8. The topological polar surface area (TPSA) is 156 Å². The molecule has 0 saturated carbocycles. The van der Waals surface area contributed by atoms with E-state index < -0.39 is 89.3 Å². The number of Topliss-reactive ketones (excluding diaryl/α,β-unsaturated/α-hetero) is 2. The van der Waals surface area contributed by atoms with Crippen molar-refractivity contribution in [2.24, 2.45) is 23.7 Å². The number of cyclic esters (lactones) is 1. The third kappa shape index (κ3) is 7.58. The molecule has 0 spiro atoms. The van der Waals surface area contributed by atoms with Crippen molar-refractivity contribution in [3.8, 4) is 0 Å². The van der Waals surface area contributed by atoms with Crippen LogP contribution in [0.1, 0.15) is 81.6 Å². The Labute approximate surface area is 272 Å². The summed E-state index contributed by atoms with van der Waals surface area (Å²) in [5.74, 6) is -5.48. The normalized spacial score (nSPS) is 42.8. The van der Waals surface area contributed by atoms with Gasteiger partial charge in [-0.15, -0.1) is 0 Å². The Balaban J connectivity index is 2.13. The Kier molecular flexibility index (Phi) is 12.1. The number of nitrogens with one attached hydrogen (secondary N) is 1. The van der Waals surface area contributed by atoms with Crippen molar-refractivity contribution in [1.29, 1.82) is 0 Å². The van der Waals surface area contributed by atoms with Crippen LogP contribution in [0.4, 0.5) is 4.79 Å². The quantitative estimate of drug-likeness (QED) is 0.254. The number of fused-ring (bicyclic) bond motifs is 1. The van der Waals surface area contributed by atoms with Crippen molar-refractivity contribution in [1.82, 2.24) is 10.2 Å². The molecule has 3 saturated heterocycles. The number of alkyl carbamates (subject to hydrolysis) is 1. The number of amides is 1. The highest BCUT2D eigenvalue weighted by molar-refractivity contribution is 6.00. The Bertz CT molecular complexity index is 1160. The number of hydrogen-bond acceptors (Lipinski definition) is 12. The number of methoxy groups -OCH3 is 1. The summed E-state index contributed by atoms with van der Waals surface area (Å²) in [5.41, 5.74) is -2.62. The fourth-order valence-corrected chi connectivity index (χ4v) is 7.49. The largest absolute Gasteiger partial charge is 0.458 e. The zero-order chi connectivity index (χ0) is 34.9. The summed E-state index contributed by atoms with van der Waals surface area (Å²) in [5, 5.41) is 2.76. The molecule has 1 N–H and O–H groups in total. The van der Waals surface area contributed by atoms with Gasteiger partial charge in [-0.05, 0) is 61.1 Å². The van der Waals surface area contributed by atoms with E-state index in [1.165, 1.54) is 21.0 Å². The van der Waals surface area contributed by atoms with Crippen LogP contribution in [0.3, 0.4) is 0 Å². The molecule has 3 rings (SSSR count). The predicted octanol–water partition coefficient (Wildman–Crippen LogP) is 3.05. The third-order valence-corrected chi connectivity index (χ3v) is 10.2. The van der Waals surface area contributed by atoms with E-state index in [9.17, 15) is 24.0 Å². The molecule has 0 aliphatic carbocycles. The molecule has 3 heterocycles. The van der Waals surface area contributed by atoms with Crippen LogP contribution in [0.5, 0.6) is 0 Å². The summed E-state index contributed by atoms with van der Waals surface area (Å²) >= 11 is 0. The lowest BCUT2D eigenvalue weighted by Gasteiger charge is -2.47. The number of nitrogens with zero attached hydrogens (tertiary/aromatic N) is 1. The average Bonchev–Trinajstić information content (AvgIpc) is 3.30. The molecule has 3 aliphatic rings. The van der Waals surface area contributed by atoms with Crippen LogP contribution in [-0.2, 0) is 47.6 Å². The number of ether oxygens (including phenoxy) is 6. The van der Waals surface area contributed by atoms with Gasteiger partial charge in [-0.2, -0.15) is 0 Å². The Hall–Kier alpha value is -2.61. The molecule has 0 radical (unpaired) electrons. The van der Waals surface area contributed by atoms with Crippen LogP contribution in [0.2, 0.25) is 0 Å². The van der Waals surface area contributed by atoms with Crippen LogP contribution in [0, 0.1) is 23.7 Å². The van der Waals surface area contributed by atoms with E-state index in [1.807, 2.05) is 25.9 Å². The summed E-state index contributed by atoms with van der Waals surface area (Å²) in [6, 6.07) is -1.05. The van der Waals surface area contributed by atoms with Gasteiger partial charge in [0.2, 0.25) is 0 Å². The number of carbonyl (C=O) groups excluding carboxylic acids is 5. The summed E-state index contributed by atoms with van der Waals surface area (Å²) in [6.45, 7) is 15.0. The van der Waals surface area contributed by atoms with Crippen LogP contribution in [-0.4, -0.2) is 110 Å². The van der Waals surface area contributed by atoms with Crippen LogP contribution < -0.4 is 5.32 Å². The maximum atomic E-state index is 14.1. The minimum absolute atomic E-state index is 0.126. The lowest BCUT2D eigenvalue weighted by Crippen LogP contribution is -2.60. The highest BCUT2D eigenvalue weighted by atomic mass is 16.7. The maximum Gasteiger partial charge on any atom is 0.408 e. The SMILES string of the molecule is CC[C@H]1OC(=O)[C@H](C)C(=O)[C@H](C)[C@@H](O[C@@H]2O[C@H](C)C[C@H](N(C)C)[C@H]2OC(C)=O)[C@](C)(OC)C[C@@H](C)C(=O)[C@H](C)[C@H]2NC(=O)O[C@@]21C. The van der Waals surface area contributed by atoms with Crippen LogP contribution in [0.25, 0.3) is 0 Å². The number of hydrogen-bond donors (Lipinski definition) is 1. The fourth-order valence-electron chi connectivity index (χ4n) is 7.49. The highest BCUT2D eigenvalue weighted by Crippen LogP contribution is 2.40. The van der Waals surface area contributed by atoms with Gasteiger partial charge in [0.25, 0.3) is 0 Å². The molecule has 0 aromatic carbocycles. The first-order chi connectivity index (χ1) is 21.3. The van der Waals surface area contributed by atoms with E-state index >= 15 is 0 Å². The third-order valence-electron chi connectivity index (χ3n) is 10.2. The molecule has 0 unspecified atom stereocenters. The number of esters is 2. The minimum Gasteiger partial charge on any atom is -0.458 e. The molecular weight excluding hydrogens is 600 g/mol. The Morgan fingerprint density at radius 1 is 1.02 bits per heavy atom. The standard InChI is InChI=1S/C33H54N2O11/c1-13-23-33(9)27(34-31(40)46-33)18(4)24(37)16(2)15-32(8,41-12)28(19(5)25(38)20(6)29(39)44-23)45-30-26(43-21(7)36)22(35(10)11)14-17(3)42-30/h16-20,22-23,26-28,30H,13-15H2,1-12H3,(H,34,40)/t16-,17-,18+,19+,20-,22+,23-,26-,27-,28-,30+,32-,33-/m1/s1. The molecule has 1 amide bonds. The van der Waals surface area contributed by atoms with Gasteiger partial charge in [0.05, 0.1) is 29.9 Å². The molecule has 13 heteroatoms. The first-order valence-corrected chi connectivity index (χ1v) is 16.3. The monoisotopic (exact) mass is 654 g/mol. The smallest absolute Gasteiger partial charge is 0.408 e. The lowest BCUT2D eigenvalue weighted by molar-refractivity contribution is -0.298. The molecular formula is C33H54N2O11. The second-order valence-corrected chi connectivity index (χ2v) is 14.0. The second-order valence-electron chi connectivity index (χ2n) is 14.0. The summed E-state index contributed by atoms with van der Waals surface area (Å²) in [6.07, 6.45) is -3.93. The molecule has 262 valence electrons. The fraction of sp³-hybridized carbons (Fsp3) is 0.848. The first-order valence-electron chi connectivity index (χ1n) is 16.3. The molecule has 0 bridgehead atoms. The zero-order valence-corrected chi connectivity index (χ0v) is 29.4. The molecule has 3 aliphatic heterocycles. The van der Waals surface area contributed by atoms with Gasteiger partial charge < -0.3 is 38.6 Å². The average molecular weight is 655 g/mol. The summed E-state index contributed by atoms with van der Waals surface area (Å²) in [4.78, 5) is 68.4. The van der Waals surface area contributed by atoms with Crippen molar-refractivity contribution in [2.75, 3.05) is 21.2 Å². The lowest BCUT2D eigenvalue weighted by atomic mass is 9.73. The van der Waals surface area contributed by atoms with Gasteiger partial charge in [0.1, 0.15) is 17.8 Å². The van der Waals surface area contributed by atoms with Crippen molar-refractivity contribution < 1.29 is 52.4 Å². The van der Waals surface area contributed by atoms with Crippen molar-refractivity contribution in [3.05, 3.63) is 0 Å². The molecule has 0 aromatic rings. The van der Waals surface area contributed by atoms with E-state index in [0.29, 0.717) is 6.42 Å². The summed E-state index contributed by atoms with van der Waals surface area (Å²) < 4.78 is 36.3. The second kappa shape index (κ2) is 14.7. The number of ketones is 2. The molecule has 46 heavy (non-hydrogen) atoms. The van der Waals surface area contributed by atoms with Gasteiger partial charge >= 0.3 is 18.0 Å². The summed E-state index contributed by atoms with van der Waals surface area (Å²) in [7, 11) is 5.22. The van der Waals surface area contributed by atoms with E-state index in [4.69, 9.17) is 28.4 Å². The van der Waals surface area contributed by atoms with Gasteiger partial charge in [-0.1, -0.05) is 27.7 Å². The van der Waals surface area contributed by atoms with Crippen molar-refractivity contribution >= 4 is 29.6 Å². The molecule has 13 atom stereocenters. The molecule has 0 aromatic heterocycles. The number of likely N-dealkylation sites (N-methyl/N-ethyl adjacent to an activating group) is 1. The van der Waals surface area contributed by atoms with Gasteiger partial charge in [0, 0.05) is 31.8 Å². The maximum absolute atomic E-state index is 14.1. The van der Waals surface area contributed by atoms with Crippen molar-refractivity contribution in [3.63, 3.8) is 0 Å². The zero-order valence-electron chi connectivity index (χ0n) is 29.4. The van der Waals surface area contributed by atoms with Gasteiger partial charge in [-0.25, -0.2) is 4.79 Å². The molecule has 3 fully saturated rings. The van der Waals surface area contributed by atoms with Crippen molar-refractivity contribution in [2.45, 2.75) is 136 Å². The minimum atomic E-state index is -1.35. The number of rotatable bonds is 6. The predicted molar refractivity (Wildman–Crippen MR) is 166 cm³/mol. The Morgan fingerprint density at radius 2 is 1.65 bits per heavy atom. The Morgan fingerprint density at radius 3 is 2.20 bits per heavy atom. The molecule has 13 nitrogen and oxygen atoms in total. The van der Waals surface area contributed by atoms with Crippen LogP contribution in [0.15, 0.2) is 0 Å². The van der Waals surface area contributed by atoms with E-state index in [0.717, 1.165) is 0 Å².